The third-order valence-electron chi connectivity index (χ3n) is 4.42. The van der Waals surface area contributed by atoms with Crippen molar-refractivity contribution in [2.75, 3.05) is 25.4 Å². The fourth-order valence-electron chi connectivity index (χ4n) is 3.03. The third-order valence-corrected chi connectivity index (χ3v) is 5.82. The first-order valence-corrected chi connectivity index (χ1v) is 9.06. The SMILES string of the molecule is O=C(O)CCC1CCN(C(=O)NCC2CCCCS2)CC1. The number of urea groups is 1. The zero-order valence-corrected chi connectivity index (χ0v) is 13.4. The van der Waals surface area contributed by atoms with E-state index in [9.17, 15) is 9.59 Å². The molecule has 0 bridgehead atoms. The first kappa shape index (κ1) is 16.5. The number of hydrogen-bond donors (Lipinski definition) is 2. The summed E-state index contributed by atoms with van der Waals surface area (Å²) in [4.78, 5) is 24.6. The molecule has 2 aliphatic heterocycles. The van der Waals surface area contributed by atoms with Crippen LogP contribution in [0.25, 0.3) is 0 Å². The number of hydrogen-bond acceptors (Lipinski definition) is 3. The molecule has 1 atom stereocenters. The van der Waals surface area contributed by atoms with Crippen LogP contribution in [0.2, 0.25) is 0 Å². The molecule has 2 fully saturated rings. The number of thioether (sulfide) groups is 1. The quantitative estimate of drug-likeness (QED) is 0.818. The molecule has 21 heavy (non-hydrogen) atoms. The van der Waals surface area contributed by atoms with Crippen molar-refractivity contribution in [3.63, 3.8) is 0 Å². The van der Waals surface area contributed by atoms with Gasteiger partial charge in [-0.25, -0.2) is 4.79 Å². The maximum Gasteiger partial charge on any atom is 0.317 e. The molecular weight excluding hydrogens is 288 g/mol. The maximum absolute atomic E-state index is 12.1. The van der Waals surface area contributed by atoms with Gasteiger partial charge in [-0.15, -0.1) is 0 Å². The fourth-order valence-corrected chi connectivity index (χ4v) is 4.27. The van der Waals surface area contributed by atoms with Gasteiger partial charge in [0, 0.05) is 31.3 Å². The standard InChI is InChI=1S/C15H26N2O3S/c18-14(19)5-4-12-6-8-17(9-7-12)15(20)16-11-13-3-1-2-10-21-13/h12-13H,1-11H2,(H,16,20)(H,18,19). The number of rotatable bonds is 5. The molecule has 2 aliphatic rings. The Hall–Kier alpha value is -0.910. The average molecular weight is 314 g/mol. The maximum atomic E-state index is 12.1. The number of aliphatic carboxylic acids is 1. The van der Waals surface area contributed by atoms with Crippen LogP contribution in [0.3, 0.4) is 0 Å². The van der Waals surface area contributed by atoms with Gasteiger partial charge in [-0.2, -0.15) is 11.8 Å². The minimum absolute atomic E-state index is 0.0536. The van der Waals surface area contributed by atoms with E-state index in [-0.39, 0.29) is 12.5 Å². The van der Waals surface area contributed by atoms with Gasteiger partial charge < -0.3 is 15.3 Å². The Kier molecular flexibility index (Phi) is 6.67. The highest BCUT2D eigenvalue weighted by Crippen LogP contribution is 2.25. The molecule has 1 unspecified atom stereocenters. The molecule has 120 valence electrons. The number of carbonyl (C=O) groups is 2. The Balaban J connectivity index is 1.62. The predicted octanol–water partition coefficient (Wildman–Crippen LogP) is 2.56. The van der Waals surface area contributed by atoms with Crippen LogP contribution in [0.15, 0.2) is 0 Å². The van der Waals surface area contributed by atoms with Crippen LogP contribution in [0, 0.1) is 5.92 Å². The Labute approximate surface area is 130 Å². The first-order valence-electron chi connectivity index (χ1n) is 8.01. The molecule has 0 aromatic carbocycles. The molecule has 0 spiro atoms. The number of carbonyl (C=O) groups excluding carboxylic acids is 1. The van der Waals surface area contributed by atoms with Crippen LogP contribution >= 0.6 is 11.8 Å². The minimum Gasteiger partial charge on any atom is -0.481 e. The molecular formula is C15H26N2O3S. The van der Waals surface area contributed by atoms with Gasteiger partial charge in [-0.3, -0.25) is 4.79 Å². The number of carboxylic acids is 1. The van der Waals surface area contributed by atoms with E-state index in [2.05, 4.69) is 5.32 Å². The van der Waals surface area contributed by atoms with Gasteiger partial charge in [0.25, 0.3) is 0 Å². The molecule has 0 aromatic rings. The molecule has 0 radical (unpaired) electrons. The van der Waals surface area contributed by atoms with E-state index < -0.39 is 5.97 Å². The summed E-state index contributed by atoms with van der Waals surface area (Å²) in [6, 6.07) is 0.0536. The zero-order chi connectivity index (χ0) is 15.1. The lowest BCUT2D eigenvalue weighted by atomic mass is 9.92. The average Bonchev–Trinajstić information content (AvgIpc) is 2.52. The van der Waals surface area contributed by atoms with Crippen LogP contribution in [-0.4, -0.2) is 52.6 Å². The van der Waals surface area contributed by atoms with Crippen molar-refractivity contribution in [2.24, 2.45) is 5.92 Å². The largest absolute Gasteiger partial charge is 0.481 e. The fraction of sp³-hybridized carbons (Fsp3) is 0.867. The van der Waals surface area contributed by atoms with E-state index in [4.69, 9.17) is 5.11 Å². The molecule has 2 rings (SSSR count). The summed E-state index contributed by atoms with van der Waals surface area (Å²) in [6.07, 6.45) is 6.64. The Morgan fingerprint density at radius 3 is 2.57 bits per heavy atom. The molecule has 0 aliphatic carbocycles. The van der Waals surface area contributed by atoms with Gasteiger partial charge in [-0.05, 0) is 43.8 Å². The molecule has 0 saturated carbocycles. The van der Waals surface area contributed by atoms with Crippen molar-refractivity contribution in [3.8, 4) is 0 Å². The van der Waals surface area contributed by atoms with Crippen molar-refractivity contribution in [1.29, 1.82) is 0 Å². The van der Waals surface area contributed by atoms with Crippen LogP contribution in [0.1, 0.15) is 44.9 Å². The summed E-state index contributed by atoms with van der Waals surface area (Å²) in [7, 11) is 0. The van der Waals surface area contributed by atoms with Gasteiger partial charge in [0.15, 0.2) is 0 Å². The minimum atomic E-state index is -0.722. The molecule has 5 nitrogen and oxygen atoms in total. The van der Waals surface area contributed by atoms with Crippen LogP contribution in [0.5, 0.6) is 0 Å². The van der Waals surface area contributed by atoms with E-state index in [1.54, 1.807) is 0 Å². The number of nitrogens with one attached hydrogen (secondary N) is 1. The number of amides is 2. The van der Waals surface area contributed by atoms with E-state index in [1.165, 1.54) is 25.0 Å². The number of piperidine rings is 1. The second-order valence-electron chi connectivity index (χ2n) is 6.04. The summed E-state index contributed by atoms with van der Waals surface area (Å²) in [5.74, 6) is 0.953. The van der Waals surface area contributed by atoms with Gasteiger partial charge in [0.2, 0.25) is 0 Å². The number of nitrogens with zero attached hydrogens (tertiary/aromatic N) is 1. The summed E-state index contributed by atoms with van der Waals surface area (Å²) >= 11 is 1.97. The highest BCUT2D eigenvalue weighted by molar-refractivity contribution is 7.99. The summed E-state index contributed by atoms with van der Waals surface area (Å²) in [5, 5.41) is 12.3. The van der Waals surface area contributed by atoms with Crippen molar-refractivity contribution in [1.82, 2.24) is 10.2 Å². The second-order valence-corrected chi connectivity index (χ2v) is 7.45. The summed E-state index contributed by atoms with van der Waals surface area (Å²) in [5.41, 5.74) is 0. The van der Waals surface area contributed by atoms with Crippen molar-refractivity contribution in [3.05, 3.63) is 0 Å². The molecule has 2 heterocycles. The molecule has 0 aromatic heterocycles. The predicted molar refractivity (Wildman–Crippen MR) is 84.7 cm³/mol. The molecule has 2 amide bonds. The van der Waals surface area contributed by atoms with Gasteiger partial charge in [0.1, 0.15) is 0 Å². The summed E-state index contributed by atoms with van der Waals surface area (Å²) < 4.78 is 0. The van der Waals surface area contributed by atoms with E-state index in [0.717, 1.165) is 38.9 Å². The second kappa shape index (κ2) is 8.51. The Morgan fingerprint density at radius 1 is 1.19 bits per heavy atom. The monoisotopic (exact) mass is 314 g/mol. The number of likely N-dealkylation sites (tertiary alicyclic amines) is 1. The van der Waals surface area contributed by atoms with E-state index in [1.807, 2.05) is 16.7 Å². The Bertz CT molecular complexity index is 351. The molecule has 2 saturated heterocycles. The normalized spacial score (nSPS) is 23.8. The van der Waals surface area contributed by atoms with Crippen LogP contribution in [-0.2, 0) is 4.79 Å². The van der Waals surface area contributed by atoms with Crippen LogP contribution < -0.4 is 5.32 Å². The first-order chi connectivity index (χ1) is 10.1. The lowest BCUT2D eigenvalue weighted by Gasteiger charge is -2.32. The van der Waals surface area contributed by atoms with Crippen molar-refractivity contribution < 1.29 is 14.7 Å². The highest BCUT2D eigenvalue weighted by Gasteiger charge is 2.23. The molecule has 2 N–H and O–H groups in total. The van der Waals surface area contributed by atoms with Gasteiger partial charge >= 0.3 is 12.0 Å². The zero-order valence-electron chi connectivity index (χ0n) is 12.6. The van der Waals surface area contributed by atoms with Crippen molar-refractivity contribution >= 4 is 23.8 Å². The van der Waals surface area contributed by atoms with Gasteiger partial charge in [0.05, 0.1) is 0 Å². The topological polar surface area (TPSA) is 69.6 Å². The third kappa shape index (κ3) is 5.77. The van der Waals surface area contributed by atoms with E-state index in [0.29, 0.717) is 11.2 Å². The van der Waals surface area contributed by atoms with E-state index >= 15 is 0 Å². The lowest BCUT2D eigenvalue weighted by molar-refractivity contribution is -0.137. The number of carboxylic acid groups (broad SMARTS) is 1. The lowest BCUT2D eigenvalue weighted by Crippen LogP contribution is -2.46. The summed E-state index contributed by atoms with van der Waals surface area (Å²) in [6.45, 7) is 2.30. The van der Waals surface area contributed by atoms with Gasteiger partial charge in [-0.1, -0.05) is 6.42 Å². The van der Waals surface area contributed by atoms with Crippen molar-refractivity contribution in [2.45, 2.75) is 50.2 Å². The molecule has 6 heteroatoms. The smallest absolute Gasteiger partial charge is 0.317 e. The highest BCUT2D eigenvalue weighted by atomic mass is 32.2. The van der Waals surface area contributed by atoms with Crippen LogP contribution in [0.4, 0.5) is 4.79 Å². The Morgan fingerprint density at radius 2 is 1.95 bits per heavy atom.